The molecule has 19 heavy (non-hydrogen) atoms. The van der Waals surface area contributed by atoms with Crippen molar-refractivity contribution < 1.29 is 13.2 Å². The molecule has 0 aliphatic carbocycles. The summed E-state index contributed by atoms with van der Waals surface area (Å²) in [5.41, 5.74) is 0.813. The van der Waals surface area contributed by atoms with Gasteiger partial charge < -0.3 is 5.32 Å². The van der Waals surface area contributed by atoms with Crippen LogP contribution in [0.25, 0.3) is 11.1 Å². The molecular weight excluding hydrogens is 253 g/mol. The molecule has 2 aromatic rings. The Morgan fingerprint density at radius 3 is 2.53 bits per heavy atom. The van der Waals surface area contributed by atoms with E-state index in [1.807, 2.05) is 0 Å². The first-order chi connectivity index (χ1) is 9.04. The van der Waals surface area contributed by atoms with Gasteiger partial charge in [0.1, 0.15) is 0 Å². The van der Waals surface area contributed by atoms with Crippen LogP contribution in [0.3, 0.4) is 0 Å². The molecule has 1 aromatic carbocycles. The van der Waals surface area contributed by atoms with Crippen LogP contribution in [0.2, 0.25) is 0 Å². The van der Waals surface area contributed by atoms with Crippen LogP contribution in [0.15, 0.2) is 42.7 Å². The van der Waals surface area contributed by atoms with Gasteiger partial charge in [-0.15, -0.1) is 0 Å². The zero-order chi connectivity index (χ0) is 13.9. The summed E-state index contributed by atoms with van der Waals surface area (Å²) in [5, 5.41) is 2.95. The van der Waals surface area contributed by atoms with Gasteiger partial charge in [0.25, 0.3) is 0 Å². The Morgan fingerprint density at radius 1 is 1.11 bits per heavy atom. The molecular formula is C14H13F3N2. The third-order valence-corrected chi connectivity index (χ3v) is 2.80. The zero-order valence-corrected chi connectivity index (χ0v) is 10.3. The average Bonchev–Trinajstić information content (AvgIpc) is 2.39. The van der Waals surface area contributed by atoms with Crippen LogP contribution in [0.4, 0.5) is 13.2 Å². The predicted molar refractivity (Wildman–Crippen MR) is 67.4 cm³/mol. The molecule has 1 aromatic heterocycles. The van der Waals surface area contributed by atoms with Gasteiger partial charge >= 0.3 is 6.18 Å². The Bertz CT molecular complexity index is 565. The standard InChI is InChI=1S/C14H13F3N2/c1-18-8-10-4-2-3-5-11(10)12-9-19-7-6-13(12)14(15,16)17/h2-7,9,18H,8H2,1H3. The molecule has 0 unspecified atom stereocenters. The Balaban J connectivity index is 2.60. The van der Waals surface area contributed by atoms with Crippen molar-refractivity contribution in [1.82, 2.24) is 10.3 Å². The third kappa shape index (κ3) is 2.93. The first-order valence-electron chi connectivity index (χ1n) is 5.78. The van der Waals surface area contributed by atoms with E-state index in [0.717, 1.165) is 17.8 Å². The van der Waals surface area contributed by atoms with Gasteiger partial charge in [0.15, 0.2) is 0 Å². The van der Waals surface area contributed by atoms with Crippen LogP contribution < -0.4 is 5.32 Å². The van der Waals surface area contributed by atoms with Crippen molar-refractivity contribution in [3.8, 4) is 11.1 Å². The molecule has 0 bridgehead atoms. The van der Waals surface area contributed by atoms with Gasteiger partial charge in [-0.2, -0.15) is 13.2 Å². The highest BCUT2D eigenvalue weighted by Crippen LogP contribution is 2.37. The molecule has 1 heterocycles. The molecule has 0 saturated carbocycles. The van der Waals surface area contributed by atoms with Crippen molar-refractivity contribution in [3.63, 3.8) is 0 Å². The lowest BCUT2D eigenvalue weighted by molar-refractivity contribution is -0.137. The molecule has 2 rings (SSSR count). The molecule has 0 aliphatic heterocycles. The van der Waals surface area contributed by atoms with E-state index in [2.05, 4.69) is 10.3 Å². The summed E-state index contributed by atoms with van der Waals surface area (Å²) in [6.45, 7) is 0.502. The summed E-state index contributed by atoms with van der Waals surface area (Å²) in [6.07, 6.45) is -1.96. The first-order valence-corrected chi connectivity index (χ1v) is 5.78. The number of rotatable bonds is 3. The minimum Gasteiger partial charge on any atom is -0.316 e. The quantitative estimate of drug-likeness (QED) is 0.919. The van der Waals surface area contributed by atoms with Gasteiger partial charge in [0.05, 0.1) is 5.56 Å². The lowest BCUT2D eigenvalue weighted by atomic mass is 9.97. The monoisotopic (exact) mass is 266 g/mol. The number of alkyl halides is 3. The summed E-state index contributed by atoms with van der Waals surface area (Å²) in [4.78, 5) is 3.82. The SMILES string of the molecule is CNCc1ccccc1-c1cnccc1C(F)(F)F. The topological polar surface area (TPSA) is 24.9 Å². The normalized spacial score (nSPS) is 11.6. The highest BCUT2D eigenvalue weighted by atomic mass is 19.4. The average molecular weight is 266 g/mol. The molecule has 0 saturated heterocycles. The zero-order valence-electron chi connectivity index (χ0n) is 10.3. The summed E-state index contributed by atoms with van der Waals surface area (Å²) >= 11 is 0. The molecule has 0 atom stereocenters. The van der Waals surface area contributed by atoms with Gasteiger partial charge in [0, 0.05) is 24.5 Å². The number of nitrogens with zero attached hydrogens (tertiary/aromatic N) is 1. The number of aromatic nitrogens is 1. The van der Waals surface area contributed by atoms with E-state index < -0.39 is 11.7 Å². The van der Waals surface area contributed by atoms with Crippen molar-refractivity contribution in [3.05, 3.63) is 53.9 Å². The molecule has 100 valence electrons. The number of hydrogen-bond acceptors (Lipinski definition) is 2. The van der Waals surface area contributed by atoms with Crippen LogP contribution in [-0.4, -0.2) is 12.0 Å². The van der Waals surface area contributed by atoms with Crippen LogP contribution >= 0.6 is 0 Å². The van der Waals surface area contributed by atoms with Gasteiger partial charge in [0.2, 0.25) is 0 Å². The minimum absolute atomic E-state index is 0.112. The Labute approximate surface area is 109 Å². The second-order valence-corrected chi connectivity index (χ2v) is 4.11. The Morgan fingerprint density at radius 2 is 1.84 bits per heavy atom. The van der Waals surface area contributed by atoms with Crippen molar-refractivity contribution in [2.45, 2.75) is 12.7 Å². The number of pyridine rings is 1. The fourth-order valence-corrected chi connectivity index (χ4v) is 1.98. The van der Waals surface area contributed by atoms with Gasteiger partial charge in [-0.3, -0.25) is 4.98 Å². The highest BCUT2D eigenvalue weighted by Gasteiger charge is 2.33. The van der Waals surface area contributed by atoms with Crippen LogP contribution in [0, 0.1) is 0 Å². The van der Waals surface area contributed by atoms with Crippen molar-refractivity contribution in [2.75, 3.05) is 7.05 Å². The largest absolute Gasteiger partial charge is 0.417 e. The number of halogens is 3. The smallest absolute Gasteiger partial charge is 0.316 e. The molecule has 2 nitrogen and oxygen atoms in total. The molecule has 0 aliphatic rings. The van der Waals surface area contributed by atoms with Crippen molar-refractivity contribution >= 4 is 0 Å². The maximum atomic E-state index is 13.0. The molecule has 0 radical (unpaired) electrons. The second-order valence-electron chi connectivity index (χ2n) is 4.11. The molecule has 0 spiro atoms. The van der Waals surface area contributed by atoms with Crippen LogP contribution in [-0.2, 0) is 12.7 Å². The van der Waals surface area contributed by atoms with Crippen LogP contribution in [0.1, 0.15) is 11.1 Å². The Hall–Kier alpha value is -1.88. The summed E-state index contributed by atoms with van der Waals surface area (Å²) in [5.74, 6) is 0. The summed E-state index contributed by atoms with van der Waals surface area (Å²) < 4.78 is 39.0. The van der Waals surface area contributed by atoms with Gasteiger partial charge in [-0.05, 0) is 24.2 Å². The molecule has 0 amide bonds. The first kappa shape index (κ1) is 13.5. The number of nitrogens with one attached hydrogen (secondary N) is 1. The summed E-state index contributed by atoms with van der Waals surface area (Å²) in [6, 6.07) is 8.02. The minimum atomic E-state index is -4.38. The highest BCUT2D eigenvalue weighted by molar-refractivity contribution is 5.70. The summed E-state index contributed by atoms with van der Waals surface area (Å²) in [7, 11) is 1.75. The Kier molecular flexibility index (Phi) is 3.85. The maximum absolute atomic E-state index is 13.0. The van der Waals surface area contributed by atoms with E-state index in [4.69, 9.17) is 0 Å². The lowest BCUT2D eigenvalue weighted by Crippen LogP contribution is -2.10. The predicted octanol–water partition coefficient (Wildman–Crippen LogP) is 3.49. The van der Waals surface area contributed by atoms with Crippen molar-refractivity contribution in [1.29, 1.82) is 0 Å². The lowest BCUT2D eigenvalue weighted by Gasteiger charge is -2.15. The van der Waals surface area contributed by atoms with E-state index in [0.29, 0.717) is 12.1 Å². The second kappa shape index (κ2) is 5.40. The van der Waals surface area contributed by atoms with Crippen molar-refractivity contribution in [2.24, 2.45) is 0 Å². The van der Waals surface area contributed by atoms with E-state index in [9.17, 15) is 13.2 Å². The van der Waals surface area contributed by atoms with E-state index in [1.165, 1.54) is 6.20 Å². The number of hydrogen-bond donors (Lipinski definition) is 1. The number of benzene rings is 1. The molecule has 5 heteroatoms. The molecule has 0 fully saturated rings. The third-order valence-electron chi connectivity index (χ3n) is 2.80. The maximum Gasteiger partial charge on any atom is 0.417 e. The van der Waals surface area contributed by atoms with Gasteiger partial charge in [-0.1, -0.05) is 24.3 Å². The fourth-order valence-electron chi connectivity index (χ4n) is 1.98. The fraction of sp³-hybridized carbons (Fsp3) is 0.214. The van der Waals surface area contributed by atoms with Crippen LogP contribution in [0.5, 0.6) is 0 Å². The van der Waals surface area contributed by atoms with E-state index in [1.54, 1.807) is 31.3 Å². The van der Waals surface area contributed by atoms with Gasteiger partial charge in [-0.25, -0.2) is 0 Å². The molecule has 1 N–H and O–H groups in total. The van der Waals surface area contributed by atoms with E-state index in [-0.39, 0.29) is 5.56 Å². The van der Waals surface area contributed by atoms with E-state index >= 15 is 0 Å².